The molecule has 0 radical (unpaired) electrons. The number of rotatable bonds is 45. The first kappa shape index (κ1) is 59.7. The zero-order valence-electron chi connectivity index (χ0n) is 41.3. The number of phosphoric ester groups is 1. The molecule has 0 aliphatic carbocycles. The van der Waals surface area contributed by atoms with Crippen LogP contribution in [0.5, 0.6) is 0 Å². The first-order valence-corrected chi connectivity index (χ1v) is 28.9. The van der Waals surface area contributed by atoms with E-state index in [2.05, 4.69) is 54.1 Å². The van der Waals surface area contributed by atoms with E-state index in [1.807, 2.05) is 11.8 Å². The van der Waals surface area contributed by atoms with Crippen molar-refractivity contribution in [2.45, 2.75) is 243 Å². The minimum Gasteiger partial charge on any atom is -0.462 e. The molecule has 2 aliphatic rings. The second-order valence-corrected chi connectivity index (χ2v) is 21.0. The van der Waals surface area contributed by atoms with Crippen molar-refractivity contribution in [3.05, 3.63) is 24.3 Å². The summed E-state index contributed by atoms with van der Waals surface area (Å²) in [5, 5.41) is 8.94. The monoisotopic (exact) mass is 970 g/mol. The van der Waals surface area contributed by atoms with Gasteiger partial charge in [0.2, 0.25) is 5.91 Å². The van der Waals surface area contributed by atoms with E-state index in [1.165, 1.54) is 77.0 Å². The number of nitrogens with one attached hydrogen (secondary N) is 3. The van der Waals surface area contributed by atoms with Crippen molar-refractivity contribution in [3.63, 3.8) is 0 Å². The van der Waals surface area contributed by atoms with E-state index in [1.54, 1.807) is 0 Å². The van der Waals surface area contributed by atoms with E-state index < -0.39 is 32.5 Å². The smallest absolute Gasteiger partial charge is 0.462 e. The van der Waals surface area contributed by atoms with Gasteiger partial charge in [-0.25, -0.2) is 9.36 Å². The molecule has 0 aromatic carbocycles. The molecular formula is C51H92N3O10PS. The Bertz CT molecular complexity index is 1390. The van der Waals surface area contributed by atoms with Crippen molar-refractivity contribution in [2.75, 3.05) is 32.1 Å². The molecule has 0 bridgehead atoms. The van der Waals surface area contributed by atoms with Crippen LogP contribution in [0.15, 0.2) is 24.3 Å². The summed E-state index contributed by atoms with van der Waals surface area (Å²) in [6.45, 7) is 3.43. The zero-order valence-corrected chi connectivity index (χ0v) is 43.0. The number of unbranched alkanes of at least 4 members (excludes halogenated alkanes) is 23. The first-order valence-electron chi connectivity index (χ1n) is 26.4. The molecule has 15 heteroatoms. The molecule has 0 spiro atoms. The summed E-state index contributed by atoms with van der Waals surface area (Å²) in [7, 11) is -4.58. The van der Waals surface area contributed by atoms with E-state index in [0.29, 0.717) is 30.9 Å². The van der Waals surface area contributed by atoms with Gasteiger partial charge >= 0.3 is 25.8 Å². The van der Waals surface area contributed by atoms with Crippen molar-refractivity contribution >= 4 is 43.5 Å². The minimum atomic E-state index is -4.58. The first-order chi connectivity index (χ1) is 32.1. The summed E-state index contributed by atoms with van der Waals surface area (Å²) in [5.41, 5.74) is 0. The maximum atomic E-state index is 12.8. The van der Waals surface area contributed by atoms with Gasteiger partial charge in [0.1, 0.15) is 6.61 Å². The fourth-order valence-corrected chi connectivity index (χ4v) is 10.5. The van der Waals surface area contributed by atoms with Gasteiger partial charge < -0.3 is 30.3 Å². The van der Waals surface area contributed by atoms with Crippen LogP contribution in [0.4, 0.5) is 4.79 Å². The second kappa shape index (κ2) is 40.5. The molecule has 2 heterocycles. The molecule has 3 amide bonds. The number of ether oxygens (including phenoxy) is 2. The van der Waals surface area contributed by atoms with Gasteiger partial charge in [-0.15, -0.1) is 0 Å². The average Bonchev–Trinajstić information content (AvgIpc) is 3.86. The quantitative estimate of drug-likeness (QED) is 0.0150. The number of thioether (sulfide) groups is 1. The average molecular weight is 970 g/mol. The maximum Gasteiger partial charge on any atom is 0.472 e. The summed E-state index contributed by atoms with van der Waals surface area (Å²) >= 11 is 1.84. The molecular weight excluding hydrogens is 878 g/mol. The highest BCUT2D eigenvalue weighted by Gasteiger charge is 2.42. The number of phosphoric acid groups is 1. The molecule has 0 aromatic rings. The summed E-state index contributed by atoms with van der Waals surface area (Å²) in [4.78, 5) is 59.8. The Kier molecular flexibility index (Phi) is 36.7. The molecule has 5 atom stereocenters. The maximum absolute atomic E-state index is 12.8. The Morgan fingerprint density at radius 3 is 1.73 bits per heavy atom. The van der Waals surface area contributed by atoms with Crippen molar-refractivity contribution in [2.24, 2.45) is 0 Å². The van der Waals surface area contributed by atoms with Gasteiger partial charge in [0.25, 0.3) is 0 Å². The molecule has 2 fully saturated rings. The van der Waals surface area contributed by atoms with Gasteiger partial charge in [0.15, 0.2) is 6.10 Å². The predicted molar refractivity (Wildman–Crippen MR) is 268 cm³/mol. The van der Waals surface area contributed by atoms with E-state index in [9.17, 15) is 28.6 Å². The second-order valence-electron chi connectivity index (χ2n) is 18.3. The van der Waals surface area contributed by atoms with Crippen LogP contribution < -0.4 is 16.0 Å². The van der Waals surface area contributed by atoms with Crippen molar-refractivity contribution in [1.29, 1.82) is 0 Å². The van der Waals surface area contributed by atoms with Gasteiger partial charge in [-0.05, 0) is 77.0 Å². The van der Waals surface area contributed by atoms with E-state index in [-0.39, 0.29) is 56.6 Å². The van der Waals surface area contributed by atoms with Crippen LogP contribution in [0.3, 0.4) is 0 Å². The third-order valence-corrected chi connectivity index (χ3v) is 14.7. The third-order valence-electron chi connectivity index (χ3n) is 12.2. The van der Waals surface area contributed by atoms with Crippen molar-refractivity contribution in [3.8, 4) is 0 Å². The van der Waals surface area contributed by atoms with Gasteiger partial charge in [-0.2, -0.15) is 11.8 Å². The molecule has 382 valence electrons. The Balaban J connectivity index is 1.65. The Morgan fingerprint density at radius 2 is 1.17 bits per heavy atom. The molecule has 1 unspecified atom stereocenters. The number of carbonyl (C=O) groups excluding carboxylic acids is 4. The van der Waals surface area contributed by atoms with Crippen LogP contribution >= 0.6 is 19.6 Å². The largest absolute Gasteiger partial charge is 0.472 e. The SMILES string of the molecule is CCCCCCCC/C=C\CCCCCCCC(=O)OC[C@H](COP(=O)(O)OCCNC(=O)CCCC[C@@H]1SC[C@@H]2NC(=O)N[C@@H]21)OC(=O)CCCCCCC/C=C\CCCCCCCC. The number of urea groups is 1. The van der Waals surface area contributed by atoms with Crippen molar-refractivity contribution < 1.29 is 47.2 Å². The molecule has 66 heavy (non-hydrogen) atoms. The fourth-order valence-electron chi connectivity index (χ4n) is 8.23. The van der Waals surface area contributed by atoms with Gasteiger partial charge in [0.05, 0.1) is 25.3 Å². The lowest BCUT2D eigenvalue weighted by Gasteiger charge is -2.20. The number of amides is 3. The molecule has 2 rings (SSSR count). The summed E-state index contributed by atoms with van der Waals surface area (Å²) < 4.78 is 34.0. The predicted octanol–water partition coefficient (Wildman–Crippen LogP) is 12.5. The number of hydrogen-bond acceptors (Lipinski definition) is 10. The Morgan fingerprint density at radius 1 is 0.667 bits per heavy atom. The normalized spacial score (nSPS) is 18.3. The highest BCUT2D eigenvalue weighted by atomic mass is 32.2. The van der Waals surface area contributed by atoms with Crippen molar-refractivity contribution in [1.82, 2.24) is 16.0 Å². The number of allylic oxidation sites excluding steroid dienone is 4. The molecule has 0 aromatic heterocycles. The summed E-state index contributed by atoms with van der Waals surface area (Å²) in [5.74, 6) is -0.208. The molecule has 2 saturated heterocycles. The number of fused-ring (bicyclic) bond motifs is 1. The lowest BCUT2D eigenvalue weighted by molar-refractivity contribution is -0.161. The highest BCUT2D eigenvalue weighted by molar-refractivity contribution is 8.00. The van der Waals surface area contributed by atoms with E-state index in [0.717, 1.165) is 95.6 Å². The fraction of sp³-hybridized carbons (Fsp3) is 0.843. The van der Waals surface area contributed by atoms with Crippen LogP contribution in [0.1, 0.15) is 219 Å². The van der Waals surface area contributed by atoms with Crippen LogP contribution in [-0.4, -0.2) is 84.3 Å². The lowest BCUT2D eigenvalue weighted by atomic mass is 10.0. The van der Waals surface area contributed by atoms with Crippen LogP contribution in [0.25, 0.3) is 0 Å². The minimum absolute atomic E-state index is 0.00894. The third kappa shape index (κ3) is 33.2. The van der Waals surface area contributed by atoms with Gasteiger partial charge in [-0.1, -0.05) is 147 Å². The molecule has 13 nitrogen and oxygen atoms in total. The summed E-state index contributed by atoms with van der Waals surface area (Å²) in [6, 6.07) is 0.193. The van der Waals surface area contributed by atoms with Crippen LogP contribution in [0, 0.1) is 0 Å². The molecule has 4 N–H and O–H groups in total. The van der Waals surface area contributed by atoms with Gasteiger partial charge in [-0.3, -0.25) is 23.4 Å². The van der Waals surface area contributed by atoms with E-state index in [4.69, 9.17) is 18.5 Å². The topological polar surface area (TPSA) is 179 Å². The Hall–Kier alpha value is -2.38. The Labute approximate surface area is 404 Å². The number of carbonyl (C=O) groups is 4. The van der Waals surface area contributed by atoms with Crippen LogP contribution in [-0.2, 0) is 37.5 Å². The molecule has 2 aliphatic heterocycles. The number of hydrogen-bond donors (Lipinski definition) is 4. The molecule has 0 saturated carbocycles. The lowest BCUT2D eigenvalue weighted by Crippen LogP contribution is -2.36. The standard InChI is InChI=1S/C51H92N3O10PS/c1-3-5-7-9-11-13-15-17-19-21-23-25-27-29-31-37-48(56)61-41-44(64-49(57)38-32-30-28-26-24-22-20-18-16-14-12-10-8-6-4-2)42-63-65(59,60)62-40-39-52-47(55)36-34-33-35-46-50-45(43-66-46)53-51(58)54-50/h17-20,44-46,50H,3-16,21-43H2,1-2H3,(H,52,55)(H,59,60)(H2,53,54,58)/b19-17-,20-18-/t44-,45+,46+,50+/m1/s1. The summed E-state index contributed by atoms with van der Waals surface area (Å²) in [6.07, 6.45) is 41.2. The van der Waals surface area contributed by atoms with Crippen LogP contribution in [0.2, 0.25) is 0 Å². The highest BCUT2D eigenvalue weighted by Crippen LogP contribution is 2.43. The zero-order chi connectivity index (χ0) is 47.8. The number of esters is 2. The van der Waals surface area contributed by atoms with Gasteiger partial charge in [0, 0.05) is 36.8 Å². The van der Waals surface area contributed by atoms with E-state index >= 15 is 0 Å².